The highest BCUT2D eigenvalue weighted by Crippen LogP contribution is 2.32. The van der Waals surface area contributed by atoms with Crippen LogP contribution < -0.4 is 0 Å². The van der Waals surface area contributed by atoms with Gasteiger partial charge < -0.3 is 24.2 Å². The van der Waals surface area contributed by atoms with E-state index in [0.717, 1.165) is 5.56 Å². The van der Waals surface area contributed by atoms with Crippen molar-refractivity contribution in [3.8, 4) is 0 Å². The second-order valence-electron chi connectivity index (χ2n) is 4.77. The predicted octanol–water partition coefficient (Wildman–Crippen LogP) is 1.69. The molecular formula is C14H17NO5. The number of ether oxygens (including phenoxy) is 4. The molecular weight excluding hydrogens is 262 g/mol. The van der Waals surface area contributed by atoms with E-state index in [1.165, 1.54) is 0 Å². The van der Waals surface area contributed by atoms with E-state index in [2.05, 4.69) is 5.16 Å². The van der Waals surface area contributed by atoms with Crippen molar-refractivity contribution in [3.05, 3.63) is 35.9 Å². The summed E-state index contributed by atoms with van der Waals surface area (Å²) in [7, 11) is 1.55. The molecule has 0 aliphatic carbocycles. The van der Waals surface area contributed by atoms with Gasteiger partial charge in [0.1, 0.15) is 12.2 Å². The molecule has 2 aliphatic rings. The molecule has 0 spiro atoms. The number of benzene rings is 1. The molecule has 0 amide bonds. The van der Waals surface area contributed by atoms with Crippen molar-refractivity contribution in [3.63, 3.8) is 0 Å². The molecule has 0 saturated carbocycles. The van der Waals surface area contributed by atoms with Gasteiger partial charge in [-0.2, -0.15) is 0 Å². The molecule has 2 heterocycles. The summed E-state index contributed by atoms with van der Waals surface area (Å²) in [6.07, 6.45) is -1.25. The van der Waals surface area contributed by atoms with Crippen LogP contribution >= 0.6 is 0 Å². The van der Waals surface area contributed by atoms with Crippen molar-refractivity contribution in [2.75, 3.05) is 13.7 Å². The van der Waals surface area contributed by atoms with Gasteiger partial charge >= 0.3 is 0 Å². The zero-order valence-electron chi connectivity index (χ0n) is 11.1. The molecule has 2 fully saturated rings. The van der Waals surface area contributed by atoms with Crippen LogP contribution in [-0.2, 0) is 18.9 Å². The molecule has 108 valence electrons. The molecule has 0 radical (unpaired) electrons. The lowest BCUT2D eigenvalue weighted by Crippen LogP contribution is -2.53. The fourth-order valence-electron chi connectivity index (χ4n) is 2.49. The maximum atomic E-state index is 9.16. The Morgan fingerprint density at radius 1 is 1.25 bits per heavy atom. The van der Waals surface area contributed by atoms with E-state index in [0.29, 0.717) is 18.7 Å². The van der Waals surface area contributed by atoms with E-state index in [1.54, 1.807) is 7.11 Å². The van der Waals surface area contributed by atoms with Crippen LogP contribution in [0, 0.1) is 0 Å². The van der Waals surface area contributed by atoms with Crippen LogP contribution in [0.1, 0.15) is 18.3 Å². The molecule has 3 rings (SSSR count). The summed E-state index contributed by atoms with van der Waals surface area (Å²) in [5.74, 6) is 0. The third-order valence-electron chi connectivity index (χ3n) is 3.51. The Morgan fingerprint density at radius 2 is 2.05 bits per heavy atom. The molecule has 0 bridgehead atoms. The molecule has 0 unspecified atom stereocenters. The summed E-state index contributed by atoms with van der Waals surface area (Å²) in [5.41, 5.74) is 1.45. The number of rotatable bonds is 2. The molecule has 1 N–H and O–H groups in total. The first-order chi connectivity index (χ1) is 9.81. The van der Waals surface area contributed by atoms with Gasteiger partial charge in [-0.15, -0.1) is 0 Å². The molecule has 0 aromatic heterocycles. The third kappa shape index (κ3) is 2.55. The van der Waals surface area contributed by atoms with Gasteiger partial charge in [0.2, 0.25) is 0 Å². The van der Waals surface area contributed by atoms with E-state index in [-0.39, 0.29) is 6.10 Å². The van der Waals surface area contributed by atoms with Gasteiger partial charge in [0.15, 0.2) is 12.6 Å². The number of hydrogen-bond donors (Lipinski definition) is 1. The molecule has 1 aromatic rings. The Bertz CT molecular complexity index is 478. The maximum absolute atomic E-state index is 9.16. The lowest BCUT2D eigenvalue weighted by Gasteiger charge is -2.41. The molecule has 1 aromatic carbocycles. The Morgan fingerprint density at radius 3 is 2.75 bits per heavy atom. The Labute approximate surface area is 116 Å². The minimum Gasteiger partial charge on any atom is -0.411 e. The number of nitrogens with zero attached hydrogens (tertiary/aromatic N) is 1. The topological polar surface area (TPSA) is 69.5 Å². The molecule has 6 heteroatoms. The second kappa shape index (κ2) is 5.88. The third-order valence-corrected chi connectivity index (χ3v) is 3.51. The Hall–Kier alpha value is -1.47. The van der Waals surface area contributed by atoms with Crippen LogP contribution in [0.2, 0.25) is 0 Å². The minimum absolute atomic E-state index is 0.320. The standard InChI is InChI=1S/C14H17NO5/c1-17-12-7-10(15-16)13-11(19-12)8-18-14(20-13)9-5-3-2-4-6-9/h2-6,11-14,16H,7-8H2,1H3/b15-10+/t11-,12+,13-,14-/m0/s1. The van der Waals surface area contributed by atoms with Gasteiger partial charge in [0.25, 0.3) is 0 Å². The lowest BCUT2D eigenvalue weighted by molar-refractivity contribution is -0.286. The second-order valence-corrected chi connectivity index (χ2v) is 4.77. The van der Waals surface area contributed by atoms with E-state index in [1.807, 2.05) is 30.3 Å². The number of methoxy groups -OCH3 is 1. The van der Waals surface area contributed by atoms with E-state index in [9.17, 15) is 0 Å². The van der Waals surface area contributed by atoms with E-state index < -0.39 is 18.7 Å². The van der Waals surface area contributed by atoms with Crippen molar-refractivity contribution >= 4 is 5.71 Å². The maximum Gasteiger partial charge on any atom is 0.184 e. The van der Waals surface area contributed by atoms with Crippen LogP contribution in [0.3, 0.4) is 0 Å². The first kappa shape index (κ1) is 13.5. The van der Waals surface area contributed by atoms with Crippen LogP contribution in [0.15, 0.2) is 35.5 Å². The van der Waals surface area contributed by atoms with E-state index >= 15 is 0 Å². The summed E-state index contributed by atoms with van der Waals surface area (Å²) in [5, 5.41) is 12.5. The SMILES string of the molecule is CO[C@H]1C/C(=N\O)[C@@H]2O[C@@H](c3ccccc3)OC[C@@H]2O1. The van der Waals surface area contributed by atoms with Crippen molar-refractivity contribution in [1.29, 1.82) is 0 Å². The highest BCUT2D eigenvalue weighted by Gasteiger charge is 2.42. The van der Waals surface area contributed by atoms with Gasteiger partial charge in [-0.3, -0.25) is 0 Å². The summed E-state index contributed by atoms with van der Waals surface area (Å²) in [6, 6.07) is 9.65. The average molecular weight is 279 g/mol. The molecule has 6 nitrogen and oxygen atoms in total. The van der Waals surface area contributed by atoms with Crippen molar-refractivity contribution in [2.24, 2.45) is 5.16 Å². The Kier molecular flexibility index (Phi) is 3.98. The van der Waals surface area contributed by atoms with Crippen molar-refractivity contribution < 1.29 is 24.2 Å². The highest BCUT2D eigenvalue weighted by molar-refractivity contribution is 5.89. The normalized spacial score (nSPS) is 35.8. The zero-order chi connectivity index (χ0) is 13.9. The van der Waals surface area contributed by atoms with Gasteiger partial charge in [-0.25, -0.2) is 0 Å². The first-order valence-electron chi connectivity index (χ1n) is 6.53. The smallest absolute Gasteiger partial charge is 0.184 e. The largest absolute Gasteiger partial charge is 0.411 e. The fraction of sp³-hybridized carbons (Fsp3) is 0.500. The highest BCUT2D eigenvalue weighted by atomic mass is 16.7. The van der Waals surface area contributed by atoms with Gasteiger partial charge in [0.05, 0.1) is 12.3 Å². The van der Waals surface area contributed by atoms with Crippen LogP contribution in [0.25, 0.3) is 0 Å². The Balaban J connectivity index is 1.76. The van der Waals surface area contributed by atoms with Crippen LogP contribution in [-0.4, -0.2) is 43.1 Å². The van der Waals surface area contributed by atoms with Crippen LogP contribution in [0.5, 0.6) is 0 Å². The van der Waals surface area contributed by atoms with Crippen molar-refractivity contribution in [2.45, 2.75) is 31.2 Å². The summed E-state index contributed by atoms with van der Waals surface area (Å²) in [4.78, 5) is 0. The quantitative estimate of drug-likeness (QED) is 0.659. The lowest BCUT2D eigenvalue weighted by atomic mass is 10.0. The summed E-state index contributed by atoms with van der Waals surface area (Å²) < 4.78 is 22.4. The fourth-order valence-corrected chi connectivity index (χ4v) is 2.49. The minimum atomic E-state index is -0.475. The predicted molar refractivity (Wildman–Crippen MR) is 69.5 cm³/mol. The van der Waals surface area contributed by atoms with Crippen molar-refractivity contribution in [1.82, 2.24) is 0 Å². The number of oxime groups is 1. The monoisotopic (exact) mass is 279 g/mol. The van der Waals surface area contributed by atoms with Gasteiger partial charge in [0, 0.05) is 19.1 Å². The van der Waals surface area contributed by atoms with E-state index in [4.69, 9.17) is 24.2 Å². The molecule has 2 aliphatic heterocycles. The summed E-state index contributed by atoms with van der Waals surface area (Å²) in [6.45, 7) is 0.364. The van der Waals surface area contributed by atoms with Gasteiger partial charge in [-0.1, -0.05) is 35.5 Å². The molecule has 20 heavy (non-hydrogen) atoms. The van der Waals surface area contributed by atoms with Gasteiger partial charge in [-0.05, 0) is 0 Å². The zero-order valence-corrected chi connectivity index (χ0v) is 11.1. The summed E-state index contributed by atoms with van der Waals surface area (Å²) >= 11 is 0. The van der Waals surface area contributed by atoms with Crippen LogP contribution in [0.4, 0.5) is 0 Å². The molecule has 2 saturated heterocycles. The number of hydrogen-bond acceptors (Lipinski definition) is 6. The first-order valence-corrected chi connectivity index (χ1v) is 6.53. The average Bonchev–Trinajstić information content (AvgIpc) is 2.54. The number of fused-ring (bicyclic) bond motifs is 1. The molecule has 4 atom stereocenters.